The molecule has 0 radical (unpaired) electrons. The zero-order valence-electron chi connectivity index (χ0n) is 11.5. The molecule has 106 valence electrons. The van der Waals surface area contributed by atoms with Crippen molar-refractivity contribution < 1.29 is 9.47 Å². The Balaban J connectivity index is 1.97. The smallest absolute Gasteiger partial charge is 0.142 e. The van der Waals surface area contributed by atoms with Crippen LogP contribution >= 0.6 is 0 Å². The van der Waals surface area contributed by atoms with Gasteiger partial charge in [0.2, 0.25) is 0 Å². The van der Waals surface area contributed by atoms with Crippen LogP contribution in [0.4, 0.5) is 0 Å². The molecule has 0 spiro atoms. The number of hydrogen-bond donors (Lipinski definition) is 1. The maximum absolute atomic E-state index is 6.39. The van der Waals surface area contributed by atoms with Crippen molar-refractivity contribution in [2.24, 2.45) is 11.7 Å². The van der Waals surface area contributed by atoms with Gasteiger partial charge in [-0.25, -0.2) is 4.98 Å². The first-order valence-electron chi connectivity index (χ1n) is 6.80. The number of nitrogens with two attached hydrogens (primary N) is 1. The topological polar surface area (TPSA) is 62.3 Å². The van der Waals surface area contributed by atoms with E-state index in [4.69, 9.17) is 15.2 Å². The molecule has 0 bridgehead atoms. The quantitative estimate of drug-likeness (QED) is 0.924. The van der Waals surface area contributed by atoms with Crippen molar-refractivity contribution in [3.8, 4) is 11.4 Å². The molecular weight excluding hydrogens is 254 g/mol. The molecule has 1 aliphatic rings. The molecule has 3 rings (SSSR count). The molecule has 0 saturated carbocycles. The van der Waals surface area contributed by atoms with Crippen molar-refractivity contribution in [3.63, 3.8) is 0 Å². The van der Waals surface area contributed by atoms with Gasteiger partial charge >= 0.3 is 0 Å². The number of hydrogen-bond acceptors (Lipinski definition) is 4. The molecule has 5 nitrogen and oxygen atoms in total. The monoisotopic (exact) mass is 273 g/mol. The van der Waals surface area contributed by atoms with E-state index in [0.717, 1.165) is 36.8 Å². The van der Waals surface area contributed by atoms with Gasteiger partial charge in [-0.15, -0.1) is 0 Å². The van der Waals surface area contributed by atoms with Gasteiger partial charge in [0, 0.05) is 12.5 Å². The van der Waals surface area contributed by atoms with Crippen LogP contribution in [0.25, 0.3) is 5.69 Å². The molecule has 0 amide bonds. The van der Waals surface area contributed by atoms with E-state index in [9.17, 15) is 0 Å². The molecule has 1 aromatic carbocycles. The van der Waals surface area contributed by atoms with Gasteiger partial charge in [-0.2, -0.15) is 0 Å². The van der Waals surface area contributed by atoms with Crippen molar-refractivity contribution in [2.75, 3.05) is 20.3 Å². The van der Waals surface area contributed by atoms with Crippen LogP contribution in [0.1, 0.15) is 18.2 Å². The third-order valence-corrected chi connectivity index (χ3v) is 3.83. The van der Waals surface area contributed by atoms with Crippen LogP contribution in [0, 0.1) is 5.92 Å². The van der Waals surface area contributed by atoms with Gasteiger partial charge in [0.25, 0.3) is 0 Å². The number of benzene rings is 1. The Kier molecular flexibility index (Phi) is 3.71. The number of rotatable bonds is 4. The second-order valence-corrected chi connectivity index (χ2v) is 5.01. The zero-order chi connectivity index (χ0) is 13.9. The van der Waals surface area contributed by atoms with Crippen LogP contribution in [-0.4, -0.2) is 29.9 Å². The Hall–Kier alpha value is -1.85. The molecule has 2 heterocycles. The number of imidazole rings is 1. The molecule has 5 heteroatoms. The molecule has 1 aliphatic heterocycles. The normalized spacial score (nSPS) is 20.0. The Labute approximate surface area is 118 Å². The molecule has 20 heavy (non-hydrogen) atoms. The number of ether oxygens (including phenoxy) is 2. The summed E-state index contributed by atoms with van der Waals surface area (Å²) in [7, 11) is 1.67. The predicted molar refractivity (Wildman–Crippen MR) is 76.0 cm³/mol. The summed E-state index contributed by atoms with van der Waals surface area (Å²) in [6.07, 6.45) is 4.61. The summed E-state index contributed by atoms with van der Waals surface area (Å²) in [5, 5.41) is 0. The second-order valence-electron chi connectivity index (χ2n) is 5.01. The Morgan fingerprint density at radius 2 is 2.30 bits per heavy atom. The summed E-state index contributed by atoms with van der Waals surface area (Å²) >= 11 is 0. The van der Waals surface area contributed by atoms with E-state index in [1.807, 2.05) is 35.0 Å². The summed E-state index contributed by atoms with van der Waals surface area (Å²) in [5.74, 6) is 1.15. The summed E-state index contributed by atoms with van der Waals surface area (Å²) in [6, 6.07) is 7.78. The maximum Gasteiger partial charge on any atom is 0.142 e. The number of para-hydroxylation sites is 2. The van der Waals surface area contributed by atoms with Gasteiger partial charge in [-0.3, -0.25) is 4.57 Å². The van der Waals surface area contributed by atoms with Crippen LogP contribution in [0.3, 0.4) is 0 Å². The molecule has 1 aromatic heterocycles. The van der Waals surface area contributed by atoms with Crippen LogP contribution in [0.2, 0.25) is 0 Å². The van der Waals surface area contributed by atoms with Crippen LogP contribution in [0.15, 0.2) is 36.8 Å². The fourth-order valence-corrected chi connectivity index (χ4v) is 2.66. The molecular formula is C15H19N3O2. The van der Waals surface area contributed by atoms with Crippen molar-refractivity contribution in [1.29, 1.82) is 0 Å². The van der Waals surface area contributed by atoms with Crippen LogP contribution in [0.5, 0.6) is 5.75 Å². The molecule has 0 aliphatic carbocycles. The first-order valence-corrected chi connectivity index (χ1v) is 6.80. The average molecular weight is 273 g/mol. The highest BCUT2D eigenvalue weighted by Gasteiger charge is 2.27. The zero-order valence-corrected chi connectivity index (χ0v) is 11.5. The lowest BCUT2D eigenvalue weighted by Crippen LogP contribution is -2.24. The Morgan fingerprint density at radius 3 is 3.05 bits per heavy atom. The van der Waals surface area contributed by atoms with Crippen LogP contribution < -0.4 is 10.5 Å². The minimum absolute atomic E-state index is 0.0788. The summed E-state index contributed by atoms with van der Waals surface area (Å²) in [5.41, 5.74) is 8.34. The third-order valence-electron chi connectivity index (χ3n) is 3.83. The molecule has 2 unspecified atom stereocenters. The largest absolute Gasteiger partial charge is 0.495 e. The van der Waals surface area contributed by atoms with Gasteiger partial charge in [0.1, 0.15) is 5.75 Å². The molecule has 2 aromatic rings. The number of aromatic nitrogens is 2. The highest BCUT2D eigenvalue weighted by molar-refractivity contribution is 5.47. The standard InChI is InChI=1S/C15H19N3O2/c1-19-14-5-3-2-4-12(14)18-10-17-8-13(18)15(16)11-6-7-20-9-11/h2-5,8,10-11,15H,6-7,9,16H2,1H3. The first kappa shape index (κ1) is 13.1. The Morgan fingerprint density at radius 1 is 1.45 bits per heavy atom. The fourth-order valence-electron chi connectivity index (χ4n) is 2.66. The minimum Gasteiger partial charge on any atom is -0.495 e. The Bertz CT molecular complexity index is 576. The highest BCUT2D eigenvalue weighted by Crippen LogP contribution is 2.30. The van der Waals surface area contributed by atoms with Crippen molar-refractivity contribution in [1.82, 2.24) is 9.55 Å². The van der Waals surface area contributed by atoms with E-state index in [0.29, 0.717) is 5.92 Å². The van der Waals surface area contributed by atoms with Crippen molar-refractivity contribution in [3.05, 3.63) is 42.5 Å². The van der Waals surface area contributed by atoms with Gasteiger partial charge in [0.15, 0.2) is 0 Å². The number of methoxy groups -OCH3 is 1. The lowest BCUT2D eigenvalue weighted by molar-refractivity contribution is 0.180. The number of nitrogens with zero attached hydrogens (tertiary/aromatic N) is 2. The summed E-state index contributed by atoms with van der Waals surface area (Å²) < 4.78 is 12.8. The second kappa shape index (κ2) is 5.64. The highest BCUT2D eigenvalue weighted by atomic mass is 16.5. The fraction of sp³-hybridized carbons (Fsp3) is 0.400. The van der Waals surface area contributed by atoms with Crippen molar-refractivity contribution >= 4 is 0 Å². The van der Waals surface area contributed by atoms with E-state index < -0.39 is 0 Å². The van der Waals surface area contributed by atoms with Gasteiger partial charge < -0.3 is 15.2 Å². The van der Waals surface area contributed by atoms with Gasteiger partial charge in [-0.05, 0) is 18.6 Å². The third kappa shape index (κ3) is 2.30. The lowest BCUT2D eigenvalue weighted by atomic mass is 9.97. The first-order chi connectivity index (χ1) is 9.81. The molecule has 1 saturated heterocycles. The molecule has 2 N–H and O–H groups in total. The van der Waals surface area contributed by atoms with E-state index in [1.165, 1.54) is 0 Å². The lowest BCUT2D eigenvalue weighted by Gasteiger charge is -2.20. The summed E-state index contributed by atoms with van der Waals surface area (Å²) in [6.45, 7) is 1.51. The van der Waals surface area contributed by atoms with E-state index in [-0.39, 0.29) is 6.04 Å². The van der Waals surface area contributed by atoms with Crippen LogP contribution in [-0.2, 0) is 4.74 Å². The predicted octanol–water partition coefficient (Wildman–Crippen LogP) is 1.92. The van der Waals surface area contributed by atoms with E-state index >= 15 is 0 Å². The molecule has 1 fully saturated rings. The molecule has 2 atom stereocenters. The van der Waals surface area contributed by atoms with E-state index in [2.05, 4.69) is 4.98 Å². The van der Waals surface area contributed by atoms with E-state index in [1.54, 1.807) is 13.4 Å². The average Bonchev–Trinajstić information content (AvgIpc) is 3.17. The maximum atomic E-state index is 6.39. The summed E-state index contributed by atoms with van der Waals surface area (Å²) in [4.78, 5) is 4.25. The SMILES string of the molecule is COc1ccccc1-n1cncc1C(N)C1CCOC1. The van der Waals surface area contributed by atoms with Gasteiger partial charge in [0.05, 0.1) is 43.7 Å². The van der Waals surface area contributed by atoms with Gasteiger partial charge in [-0.1, -0.05) is 12.1 Å². The minimum atomic E-state index is -0.0788. The van der Waals surface area contributed by atoms with Crippen molar-refractivity contribution in [2.45, 2.75) is 12.5 Å².